The van der Waals surface area contributed by atoms with Crippen LogP contribution in [-0.2, 0) is 13.1 Å². The monoisotopic (exact) mass is 370 g/mol. The number of fused-ring (bicyclic) bond motifs is 1. The third-order valence-corrected chi connectivity index (χ3v) is 3.89. The normalized spacial score (nSPS) is 19.5. The van der Waals surface area contributed by atoms with E-state index in [0.29, 0.717) is 24.9 Å². The average molecular weight is 370 g/mol. The van der Waals surface area contributed by atoms with Crippen LogP contribution in [-0.4, -0.2) is 46.5 Å². The quantitative estimate of drug-likeness (QED) is 0.761. The number of aromatic nitrogens is 2. The van der Waals surface area contributed by atoms with Crippen molar-refractivity contribution in [2.24, 2.45) is 4.99 Å². The van der Waals surface area contributed by atoms with E-state index < -0.39 is 12.5 Å². The minimum absolute atomic E-state index is 0.209. The maximum Gasteiger partial charge on any atom is 0.573 e. The van der Waals surface area contributed by atoms with Crippen molar-refractivity contribution in [3.8, 4) is 11.8 Å². The first-order chi connectivity index (χ1) is 12.4. The van der Waals surface area contributed by atoms with Crippen LogP contribution in [0.25, 0.3) is 0 Å². The first-order valence-electron chi connectivity index (χ1n) is 7.77. The summed E-state index contributed by atoms with van der Waals surface area (Å²) in [5, 5.41) is 12.8. The Bertz CT molecular complexity index is 761. The first-order valence-corrected chi connectivity index (χ1v) is 7.77. The summed E-state index contributed by atoms with van der Waals surface area (Å²) in [5.74, 6) is 0.153. The molecule has 1 aromatic carbocycles. The van der Waals surface area contributed by atoms with E-state index in [4.69, 9.17) is 4.74 Å². The zero-order valence-corrected chi connectivity index (χ0v) is 13.6. The van der Waals surface area contributed by atoms with Crippen molar-refractivity contribution in [1.29, 1.82) is 0 Å². The van der Waals surface area contributed by atoms with E-state index in [0.717, 1.165) is 5.56 Å². The molecule has 140 valence electrons. The number of imidazole rings is 1. The van der Waals surface area contributed by atoms with Gasteiger partial charge in [-0.25, -0.2) is 4.99 Å². The Labute approximate surface area is 147 Å². The predicted octanol–water partition coefficient (Wildman–Crippen LogP) is 2.03. The molecule has 0 saturated heterocycles. The number of aliphatic hydroxyl groups excluding tert-OH is 1. The number of alkyl halides is 3. The molecule has 2 N–H and O–H groups in total. The van der Waals surface area contributed by atoms with Gasteiger partial charge in [-0.3, -0.25) is 4.57 Å². The molecule has 26 heavy (non-hydrogen) atoms. The maximum absolute atomic E-state index is 12.2. The highest BCUT2D eigenvalue weighted by Crippen LogP contribution is 2.25. The maximum atomic E-state index is 12.2. The Morgan fingerprint density at radius 2 is 2.12 bits per heavy atom. The van der Waals surface area contributed by atoms with Gasteiger partial charge in [-0.2, -0.15) is 4.98 Å². The van der Waals surface area contributed by atoms with Crippen LogP contribution in [0, 0.1) is 0 Å². The number of nitrogens with one attached hydrogen (secondary N) is 1. The number of aliphatic hydroxyl groups is 1. The van der Waals surface area contributed by atoms with Gasteiger partial charge in [0.05, 0.1) is 18.8 Å². The minimum Gasteiger partial charge on any atom is -0.457 e. The van der Waals surface area contributed by atoms with Crippen molar-refractivity contribution in [3.63, 3.8) is 0 Å². The molecular formula is C16H17F3N4O3. The van der Waals surface area contributed by atoms with Gasteiger partial charge in [-0.15, -0.1) is 13.2 Å². The van der Waals surface area contributed by atoms with Gasteiger partial charge in [0, 0.05) is 13.1 Å². The van der Waals surface area contributed by atoms with Gasteiger partial charge in [0.25, 0.3) is 6.01 Å². The zero-order valence-electron chi connectivity index (χ0n) is 13.6. The number of halogens is 3. The van der Waals surface area contributed by atoms with Crippen LogP contribution in [0.15, 0.2) is 35.5 Å². The molecule has 1 aromatic heterocycles. The van der Waals surface area contributed by atoms with Crippen LogP contribution in [0.4, 0.5) is 19.0 Å². The van der Waals surface area contributed by atoms with Crippen molar-refractivity contribution < 1.29 is 27.8 Å². The molecule has 0 fully saturated rings. The highest BCUT2D eigenvalue weighted by atomic mass is 19.4. The number of ether oxygens (including phenoxy) is 2. The lowest BCUT2D eigenvalue weighted by Crippen LogP contribution is -2.50. The molecule has 0 spiro atoms. The first kappa shape index (κ1) is 18.2. The van der Waals surface area contributed by atoms with E-state index in [9.17, 15) is 18.3 Å². The molecule has 2 unspecified atom stereocenters. The number of nitrogens with zero attached hydrogens (tertiary/aromatic N) is 3. The molecule has 1 aliphatic rings. The van der Waals surface area contributed by atoms with Crippen molar-refractivity contribution in [1.82, 2.24) is 14.9 Å². The van der Waals surface area contributed by atoms with Crippen LogP contribution in [0.2, 0.25) is 0 Å². The molecule has 0 aliphatic carbocycles. The fourth-order valence-electron chi connectivity index (χ4n) is 2.65. The molecule has 10 heteroatoms. The van der Waals surface area contributed by atoms with Crippen molar-refractivity contribution in [3.05, 3.63) is 36.0 Å². The van der Waals surface area contributed by atoms with Crippen LogP contribution in [0.3, 0.4) is 0 Å². The average Bonchev–Trinajstić information content (AvgIpc) is 3.01. The molecule has 7 nitrogen and oxygen atoms in total. The molecule has 0 saturated carbocycles. The Morgan fingerprint density at radius 3 is 2.73 bits per heavy atom. The summed E-state index contributed by atoms with van der Waals surface area (Å²) in [6, 6.07) is 5.72. The van der Waals surface area contributed by atoms with Gasteiger partial charge in [-0.05, 0) is 24.4 Å². The summed E-state index contributed by atoms with van der Waals surface area (Å²) in [7, 11) is 0. The largest absolute Gasteiger partial charge is 0.573 e. The van der Waals surface area contributed by atoms with Crippen LogP contribution in [0.5, 0.6) is 11.8 Å². The standard InChI is InChI=1S/C16H17F3N4O3/c1-20-14-8-23-7-12(13(9-24)25-15(23)22-14)21-6-10-2-4-11(5-3-10)26-16(17,18)19/h2-5,8,12-13,21,24H,1,6-7,9H2. The summed E-state index contributed by atoms with van der Waals surface area (Å²) in [4.78, 5) is 7.87. The summed E-state index contributed by atoms with van der Waals surface area (Å²) >= 11 is 0. The van der Waals surface area contributed by atoms with E-state index in [1.807, 2.05) is 0 Å². The molecule has 2 atom stereocenters. The Balaban J connectivity index is 1.62. The van der Waals surface area contributed by atoms with Crippen molar-refractivity contribution in [2.45, 2.75) is 31.6 Å². The second-order valence-electron chi connectivity index (χ2n) is 5.71. The molecule has 0 amide bonds. The molecule has 0 radical (unpaired) electrons. The van der Waals surface area contributed by atoms with Gasteiger partial charge in [0.1, 0.15) is 11.9 Å². The SMILES string of the molecule is C=Nc1cn2c(n1)OC(CO)C(NCc1ccc(OC(F)(F)F)cc1)C2. The summed E-state index contributed by atoms with van der Waals surface area (Å²) < 4.78 is 47.8. The smallest absolute Gasteiger partial charge is 0.457 e. The lowest BCUT2D eigenvalue weighted by Gasteiger charge is -2.32. The molecule has 2 aromatic rings. The Morgan fingerprint density at radius 1 is 1.38 bits per heavy atom. The number of benzene rings is 1. The lowest BCUT2D eigenvalue weighted by molar-refractivity contribution is -0.274. The van der Waals surface area contributed by atoms with Crippen molar-refractivity contribution in [2.75, 3.05) is 6.61 Å². The van der Waals surface area contributed by atoms with E-state index in [1.54, 1.807) is 10.8 Å². The molecule has 3 rings (SSSR count). The predicted molar refractivity (Wildman–Crippen MR) is 86.7 cm³/mol. The zero-order chi connectivity index (χ0) is 18.7. The second-order valence-corrected chi connectivity index (χ2v) is 5.71. The number of aliphatic imine (C=N–C) groups is 1. The number of rotatable bonds is 6. The molecule has 1 aliphatic heterocycles. The van der Waals surface area contributed by atoms with E-state index in [2.05, 4.69) is 26.7 Å². The Hall–Kier alpha value is -2.59. The highest BCUT2D eigenvalue weighted by Gasteiger charge is 2.32. The number of hydrogen-bond donors (Lipinski definition) is 2. The minimum atomic E-state index is -4.71. The molecule has 0 bridgehead atoms. The van der Waals surface area contributed by atoms with Crippen molar-refractivity contribution >= 4 is 12.5 Å². The number of hydrogen-bond acceptors (Lipinski definition) is 6. The van der Waals surface area contributed by atoms with Gasteiger partial charge < -0.3 is 19.9 Å². The third kappa shape index (κ3) is 4.33. The Kier molecular flexibility index (Phi) is 5.14. The van der Waals surface area contributed by atoms with Crippen LogP contribution >= 0.6 is 0 Å². The van der Waals surface area contributed by atoms with Crippen LogP contribution in [0.1, 0.15) is 5.56 Å². The van der Waals surface area contributed by atoms with Gasteiger partial charge in [-0.1, -0.05) is 12.1 Å². The second kappa shape index (κ2) is 7.34. The topological polar surface area (TPSA) is 80.9 Å². The van der Waals surface area contributed by atoms with E-state index >= 15 is 0 Å². The van der Waals surface area contributed by atoms with Crippen LogP contribution < -0.4 is 14.8 Å². The van der Waals surface area contributed by atoms with Gasteiger partial charge in [0.15, 0.2) is 5.82 Å². The molecular weight excluding hydrogens is 353 g/mol. The van der Waals surface area contributed by atoms with E-state index in [1.165, 1.54) is 24.3 Å². The summed E-state index contributed by atoms with van der Waals surface area (Å²) in [6.45, 7) is 4.08. The van der Waals surface area contributed by atoms with Gasteiger partial charge in [0.2, 0.25) is 0 Å². The highest BCUT2D eigenvalue weighted by molar-refractivity contribution is 5.39. The van der Waals surface area contributed by atoms with E-state index in [-0.39, 0.29) is 18.4 Å². The summed E-state index contributed by atoms with van der Waals surface area (Å²) in [5.41, 5.74) is 0.765. The fourth-order valence-corrected chi connectivity index (χ4v) is 2.65. The fraction of sp³-hybridized carbons (Fsp3) is 0.375. The van der Waals surface area contributed by atoms with Gasteiger partial charge >= 0.3 is 6.36 Å². The summed E-state index contributed by atoms with van der Waals surface area (Å²) in [6.07, 6.45) is -3.53. The molecule has 2 heterocycles. The lowest BCUT2D eigenvalue weighted by atomic mass is 10.1. The third-order valence-electron chi connectivity index (χ3n) is 3.89.